The minimum Gasteiger partial charge on any atom is -0.387 e. The Balaban J connectivity index is 2.20. The van der Waals surface area contributed by atoms with Crippen molar-refractivity contribution in [3.05, 3.63) is 28.6 Å². The summed E-state index contributed by atoms with van der Waals surface area (Å²) >= 11 is 0. The predicted octanol–water partition coefficient (Wildman–Crippen LogP) is -1.17. The maximum atomic E-state index is 13.3. The Morgan fingerprint density at radius 3 is 2.84 bits per heavy atom. The van der Waals surface area contributed by atoms with Gasteiger partial charge in [-0.15, -0.1) is 0 Å². The third-order valence-electron chi connectivity index (χ3n) is 3.06. The largest absolute Gasteiger partial charge is 0.387 e. The van der Waals surface area contributed by atoms with E-state index in [4.69, 9.17) is 5.73 Å². The smallest absolute Gasteiger partial charge is 0.280 e. The van der Waals surface area contributed by atoms with Gasteiger partial charge in [-0.2, -0.15) is 4.98 Å². The Bertz CT molecular complexity index is 736. The van der Waals surface area contributed by atoms with E-state index in [0.717, 1.165) is 6.08 Å². The quantitative estimate of drug-likeness (QED) is 0.515. The number of rotatable bonds is 1. The highest BCUT2D eigenvalue weighted by Crippen LogP contribution is 2.31. The summed E-state index contributed by atoms with van der Waals surface area (Å²) in [5.41, 5.74) is 5.04. The predicted molar refractivity (Wildman–Crippen MR) is 62.8 cm³/mol. The van der Waals surface area contributed by atoms with Crippen LogP contribution < -0.4 is 11.3 Å². The lowest BCUT2D eigenvalue weighted by molar-refractivity contribution is 0.0242. The minimum absolute atomic E-state index is 0.0246. The first-order valence-electron chi connectivity index (χ1n) is 5.44. The number of nitrogen functional groups attached to an aromatic ring is 1. The van der Waals surface area contributed by atoms with Crippen molar-refractivity contribution < 1.29 is 14.6 Å². The maximum Gasteiger partial charge on any atom is 0.280 e. The van der Waals surface area contributed by atoms with Crippen molar-refractivity contribution >= 4 is 17.1 Å². The third kappa shape index (κ3) is 1.63. The van der Waals surface area contributed by atoms with Gasteiger partial charge in [-0.3, -0.25) is 9.78 Å². The molecule has 8 nitrogen and oxygen atoms in total. The number of hydrogen-bond donors (Lipinski definition) is 4. The molecule has 100 valence electrons. The zero-order valence-electron chi connectivity index (χ0n) is 9.49. The molecule has 0 aromatic carbocycles. The van der Waals surface area contributed by atoms with Crippen LogP contribution in [0.25, 0.3) is 11.2 Å². The van der Waals surface area contributed by atoms with Crippen molar-refractivity contribution in [3.63, 3.8) is 0 Å². The Labute approximate surface area is 105 Å². The number of nitrogens with one attached hydrogen (secondary N) is 1. The van der Waals surface area contributed by atoms with Crippen LogP contribution in [0.5, 0.6) is 0 Å². The molecule has 0 bridgehead atoms. The van der Waals surface area contributed by atoms with Crippen LogP contribution >= 0.6 is 0 Å². The van der Waals surface area contributed by atoms with Gasteiger partial charge in [-0.05, 0) is 6.08 Å². The first-order chi connectivity index (χ1) is 8.99. The molecule has 0 amide bonds. The fraction of sp³-hybridized carbons (Fsp3) is 0.300. The van der Waals surface area contributed by atoms with Crippen molar-refractivity contribution in [3.8, 4) is 0 Å². The number of aliphatic hydroxyl groups excluding tert-OH is 2. The Morgan fingerprint density at radius 1 is 1.47 bits per heavy atom. The van der Waals surface area contributed by atoms with E-state index in [1.165, 1.54) is 10.9 Å². The zero-order valence-corrected chi connectivity index (χ0v) is 9.49. The normalized spacial score (nSPS) is 26.9. The molecule has 0 spiro atoms. The van der Waals surface area contributed by atoms with Gasteiger partial charge in [0.25, 0.3) is 5.56 Å². The number of aliphatic hydroxyl groups is 2. The zero-order chi connectivity index (χ0) is 13.7. The van der Waals surface area contributed by atoms with E-state index < -0.39 is 29.6 Å². The highest BCUT2D eigenvalue weighted by Gasteiger charge is 2.37. The third-order valence-corrected chi connectivity index (χ3v) is 3.06. The van der Waals surface area contributed by atoms with Crippen LogP contribution in [0.15, 0.2) is 23.0 Å². The first-order valence-corrected chi connectivity index (χ1v) is 5.44. The van der Waals surface area contributed by atoms with Crippen LogP contribution in [0.4, 0.5) is 10.3 Å². The summed E-state index contributed by atoms with van der Waals surface area (Å²) in [6.07, 6.45) is -0.682. The first kappa shape index (κ1) is 11.8. The number of nitrogens with two attached hydrogens (primary N) is 1. The molecule has 0 saturated heterocycles. The van der Waals surface area contributed by atoms with Crippen LogP contribution in [0.3, 0.4) is 0 Å². The summed E-state index contributed by atoms with van der Waals surface area (Å²) < 4.78 is 14.6. The molecule has 19 heavy (non-hydrogen) atoms. The number of fused-ring (bicyclic) bond motifs is 1. The lowest BCUT2D eigenvalue weighted by atomic mass is 10.2. The van der Waals surface area contributed by atoms with Gasteiger partial charge in [-0.1, -0.05) is 0 Å². The average Bonchev–Trinajstić information content (AvgIpc) is 2.86. The summed E-state index contributed by atoms with van der Waals surface area (Å²) in [6, 6.07) is -0.895. The van der Waals surface area contributed by atoms with Crippen molar-refractivity contribution in [2.45, 2.75) is 18.2 Å². The van der Waals surface area contributed by atoms with Gasteiger partial charge in [0.2, 0.25) is 5.95 Å². The highest BCUT2D eigenvalue weighted by molar-refractivity contribution is 5.70. The number of nitrogens with zero attached hydrogens (tertiary/aromatic N) is 3. The summed E-state index contributed by atoms with van der Waals surface area (Å²) in [5, 5.41) is 19.1. The molecule has 0 fully saturated rings. The summed E-state index contributed by atoms with van der Waals surface area (Å²) in [5.74, 6) is -0.950. The topological polar surface area (TPSA) is 130 Å². The van der Waals surface area contributed by atoms with E-state index in [2.05, 4.69) is 15.0 Å². The molecule has 0 saturated carbocycles. The Morgan fingerprint density at radius 2 is 2.21 bits per heavy atom. The van der Waals surface area contributed by atoms with Gasteiger partial charge >= 0.3 is 0 Å². The van der Waals surface area contributed by atoms with E-state index in [9.17, 15) is 19.4 Å². The molecule has 3 rings (SSSR count). The number of halogens is 1. The summed E-state index contributed by atoms with van der Waals surface area (Å²) in [4.78, 5) is 21.6. The standard InChI is InChI=1S/C10H10FN5O3/c11-3-1-4(7(18)6(3)17)16-2-13-5-8(16)14-10(12)15-9(5)19/h1-2,4,6-7,17-18H,(H3,12,14,15,19)/t4-,6-,7+/m1/s1. The number of H-pyrrole nitrogens is 1. The molecule has 1 aliphatic carbocycles. The summed E-state index contributed by atoms with van der Waals surface area (Å²) in [7, 11) is 0. The number of anilines is 1. The number of hydrogen-bond acceptors (Lipinski definition) is 6. The highest BCUT2D eigenvalue weighted by atomic mass is 19.1. The summed E-state index contributed by atoms with van der Waals surface area (Å²) in [6.45, 7) is 0. The molecular weight excluding hydrogens is 257 g/mol. The lowest BCUT2D eigenvalue weighted by Gasteiger charge is -2.17. The molecule has 3 atom stereocenters. The van der Waals surface area contributed by atoms with E-state index in [1.54, 1.807) is 0 Å². The Hall–Kier alpha value is -2.26. The molecular formula is C10H10FN5O3. The molecule has 2 aromatic heterocycles. The SMILES string of the molecule is Nc1nc2c(ncn2[C@@H]2C=C(F)[C@@H](O)[C@H]2O)c(=O)[nH]1. The molecule has 2 aromatic rings. The van der Waals surface area contributed by atoms with Gasteiger partial charge in [-0.25, -0.2) is 9.37 Å². The van der Waals surface area contributed by atoms with Crippen LogP contribution in [-0.2, 0) is 0 Å². The van der Waals surface area contributed by atoms with Gasteiger partial charge < -0.3 is 20.5 Å². The van der Waals surface area contributed by atoms with Gasteiger partial charge in [0.1, 0.15) is 18.0 Å². The van der Waals surface area contributed by atoms with Crippen LogP contribution in [0.2, 0.25) is 0 Å². The van der Waals surface area contributed by atoms with Gasteiger partial charge in [0.05, 0.1) is 12.4 Å². The van der Waals surface area contributed by atoms with E-state index >= 15 is 0 Å². The van der Waals surface area contributed by atoms with E-state index in [1.807, 2.05) is 0 Å². The second-order valence-corrected chi connectivity index (χ2v) is 4.25. The van der Waals surface area contributed by atoms with Crippen molar-refractivity contribution in [1.29, 1.82) is 0 Å². The fourth-order valence-electron chi connectivity index (χ4n) is 2.12. The molecule has 1 aliphatic rings. The lowest BCUT2D eigenvalue weighted by Crippen LogP contribution is -2.29. The molecule has 2 heterocycles. The molecule has 5 N–H and O–H groups in total. The van der Waals surface area contributed by atoms with Crippen molar-refractivity contribution in [1.82, 2.24) is 19.5 Å². The van der Waals surface area contributed by atoms with E-state index in [0.29, 0.717) is 0 Å². The average molecular weight is 267 g/mol. The monoisotopic (exact) mass is 267 g/mol. The van der Waals surface area contributed by atoms with Gasteiger partial charge in [0.15, 0.2) is 11.2 Å². The van der Waals surface area contributed by atoms with Crippen molar-refractivity contribution in [2.75, 3.05) is 5.73 Å². The minimum atomic E-state index is -1.60. The second kappa shape index (κ2) is 3.87. The Kier molecular flexibility index (Phi) is 2.40. The van der Waals surface area contributed by atoms with E-state index in [-0.39, 0.29) is 17.1 Å². The molecule has 0 aliphatic heterocycles. The van der Waals surface area contributed by atoms with Crippen LogP contribution in [0.1, 0.15) is 6.04 Å². The maximum absolute atomic E-state index is 13.3. The van der Waals surface area contributed by atoms with Crippen LogP contribution in [0, 0.1) is 0 Å². The molecule has 9 heteroatoms. The number of imidazole rings is 1. The number of aromatic nitrogens is 4. The second-order valence-electron chi connectivity index (χ2n) is 4.25. The molecule has 0 unspecified atom stereocenters. The number of aromatic amines is 1. The fourth-order valence-corrected chi connectivity index (χ4v) is 2.12. The van der Waals surface area contributed by atoms with Crippen LogP contribution in [-0.4, -0.2) is 41.9 Å². The molecule has 0 radical (unpaired) electrons. The van der Waals surface area contributed by atoms with Gasteiger partial charge in [0, 0.05) is 0 Å². The van der Waals surface area contributed by atoms with Crippen molar-refractivity contribution in [2.24, 2.45) is 0 Å².